The van der Waals surface area contributed by atoms with Crippen molar-refractivity contribution in [1.29, 1.82) is 0 Å². The Labute approximate surface area is 119 Å². The van der Waals surface area contributed by atoms with Crippen molar-refractivity contribution in [3.05, 3.63) is 66.0 Å². The van der Waals surface area contributed by atoms with Crippen LogP contribution in [0.15, 0.2) is 54.9 Å². The summed E-state index contributed by atoms with van der Waals surface area (Å²) in [5, 5.41) is 0. The number of likely N-dealkylation sites (tertiary alicyclic amines) is 1. The van der Waals surface area contributed by atoms with Gasteiger partial charge in [0.1, 0.15) is 0 Å². The van der Waals surface area contributed by atoms with Crippen molar-refractivity contribution in [2.75, 3.05) is 13.1 Å². The highest BCUT2D eigenvalue weighted by Gasteiger charge is 2.24. The molecule has 102 valence electrons. The van der Waals surface area contributed by atoms with E-state index in [1.165, 1.54) is 5.56 Å². The zero-order chi connectivity index (χ0) is 13.8. The average Bonchev–Trinajstić information content (AvgIpc) is 2.56. The summed E-state index contributed by atoms with van der Waals surface area (Å²) in [6.45, 7) is 1.67. The third-order valence-corrected chi connectivity index (χ3v) is 3.98. The van der Waals surface area contributed by atoms with Crippen LogP contribution in [0.4, 0.5) is 0 Å². The first-order valence-electron chi connectivity index (χ1n) is 7.09. The van der Waals surface area contributed by atoms with Gasteiger partial charge in [0.15, 0.2) is 0 Å². The van der Waals surface area contributed by atoms with Crippen LogP contribution in [0.25, 0.3) is 0 Å². The number of carbonyl (C=O) groups is 1. The number of hydrogen-bond donors (Lipinski definition) is 0. The van der Waals surface area contributed by atoms with E-state index in [0.29, 0.717) is 5.92 Å². The van der Waals surface area contributed by atoms with E-state index in [1.54, 1.807) is 24.5 Å². The van der Waals surface area contributed by atoms with Crippen LogP contribution in [-0.2, 0) is 0 Å². The molecular formula is C17H18N2O. The van der Waals surface area contributed by atoms with Gasteiger partial charge in [-0.15, -0.1) is 0 Å². The molecule has 1 aliphatic heterocycles. The molecule has 0 bridgehead atoms. The van der Waals surface area contributed by atoms with E-state index in [2.05, 4.69) is 29.2 Å². The van der Waals surface area contributed by atoms with Gasteiger partial charge in [0.05, 0.1) is 0 Å². The molecule has 3 rings (SSSR count). The van der Waals surface area contributed by atoms with Crippen molar-refractivity contribution in [3.8, 4) is 0 Å². The molecule has 0 N–H and O–H groups in total. The summed E-state index contributed by atoms with van der Waals surface area (Å²) in [6.07, 6.45) is 5.43. The van der Waals surface area contributed by atoms with Crippen LogP contribution in [0.5, 0.6) is 0 Å². The van der Waals surface area contributed by atoms with E-state index < -0.39 is 0 Å². The van der Waals surface area contributed by atoms with E-state index in [4.69, 9.17) is 0 Å². The third-order valence-electron chi connectivity index (χ3n) is 3.98. The van der Waals surface area contributed by atoms with Crippen molar-refractivity contribution in [3.63, 3.8) is 0 Å². The summed E-state index contributed by atoms with van der Waals surface area (Å²) in [5.74, 6) is 0.705. The zero-order valence-electron chi connectivity index (χ0n) is 11.4. The van der Waals surface area contributed by atoms with E-state index in [9.17, 15) is 4.79 Å². The van der Waals surface area contributed by atoms with Crippen molar-refractivity contribution >= 4 is 5.91 Å². The van der Waals surface area contributed by atoms with Gasteiger partial charge < -0.3 is 4.90 Å². The number of nitrogens with zero attached hydrogens (tertiary/aromatic N) is 2. The molecule has 0 radical (unpaired) electrons. The van der Waals surface area contributed by atoms with Crippen molar-refractivity contribution in [2.24, 2.45) is 0 Å². The first-order chi connectivity index (χ1) is 9.84. The number of piperidine rings is 1. The van der Waals surface area contributed by atoms with Gasteiger partial charge in [-0.05, 0) is 36.5 Å². The van der Waals surface area contributed by atoms with Crippen molar-refractivity contribution in [1.82, 2.24) is 9.88 Å². The molecule has 0 unspecified atom stereocenters. The Morgan fingerprint density at radius 2 is 1.65 bits per heavy atom. The molecule has 1 aromatic heterocycles. The normalized spacial score (nSPS) is 16.1. The molecule has 0 saturated carbocycles. The lowest BCUT2D eigenvalue weighted by Crippen LogP contribution is -2.37. The Bertz CT molecular complexity index is 560. The molecule has 0 atom stereocenters. The molecule has 1 aromatic carbocycles. The monoisotopic (exact) mass is 266 g/mol. The Morgan fingerprint density at radius 1 is 1.00 bits per heavy atom. The first kappa shape index (κ1) is 12.9. The highest BCUT2D eigenvalue weighted by Crippen LogP contribution is 2.28. The second-order valence-corrected chi connectivity index (χ2v) is 5.21. The molecular weight excluding hydrogens is 248 g/mol. The summed E-state index contributed by atoms with van der Waals surface area (Å²) in [4.78, 5) is 18.2. The molecule has 2 heterocycles. The van der Waals surface area contributed by atoms with Gasteiger partial charge in [-0.3, -0.25) is 9.78 Å². The molecule has 2 aromatic rings. The Balaban J connectivity index is 1.63. The molecule has 3 heteroatoms. The number of benzene rings is 1. The molecule has 20 heavy (non-hydrogen) atoms. The van der Waals surface area contributed by atoms with Gasteiger partial charge in [-0.2, -0.15) is 0 Å². The summed E-state index contributed by atoms with van der Waals surface area (Å²) < 4.78 is 0. The first-order valence-corrected chi connectivity index (χ1v) is 7.09. The molecule has 1 saturated heterocycles. The van der Waals surface area contributed by atoms with Gasteiger partial charge >= 0.3 is 0 Å². The molecule has 0 spiro atoms. The van der Waals surface area contributed by atoms with Crippen LogP contribution in [0.3, 0.4) is 0 Å². The largest absolute Gasteiger partial charge is 0.339 e. The van der Waals surface area contributed by atoms with Gasteiger partial charge in [-0.25, -0.2) is 0 Å². The number of rotatable bonds is 2. The molecule has 1 amide bonds. The lowest BCUT2D eigenvalue weighted by molar-refractivity contribution is 0.0713. The maximum atomic E-state index is 12.3. The maximum Gasteiger partial charge on any atom is 0.253 e. The number of pyridine rings is 1. The topological polar surface area (TPSA) is 33.2 Å². The highest BCUT2D eigenvalue weighted by molar-refractivity contribution is 5.94. The fourth-order valence-electron chi connectivity index (χ4n) is 2.82. The Kier molecular flexibility index (Phi) is 3.77. The van der Waals surface area contributed by atoms with Crippen LogP contribution in [-0.4, -0.2) is 28.9 Å². The van der Waals surface area contributed by atoms with E-state index >= 15 is 0 Å². The van der Waals surface area contributed by atoms with Crippen LogP contribution < -0.4 is 0 Å². The summed E-state index contributed by atoms with van der Waals surface area (Å²) in [7, 11) is 0. The third kappa shape index (κ3) is 2.72. The standard InChI is InChI=1S/C17H18N2O/c20-17(16-6-10-18-11-7-16)19-12-8-15(9-13-19)14-4-2-1-3-5-14/h1-7,10-11,15H,8-9,12-13H2. The second-order valence-electron chi connectivity index (χ2n) is 5.21. The predicted molar refractivity (Wildman–Crippen MR) is 78.6 cm³/mol. The average molecular weight is 266 g/mol. The quantitative estimate of drug-likeness (QED) is 0.836. The van der Waals surface area contributed by atoms with Crippen molar-refractivity contribution < 1.29 is 4.79 Å². The lowest BCUT2D eigenvalue weighted by atomic mass is 9.89. The van der Waals surface area contributed by atoms with Crippen LogP contribution in [0.1, 0.15) is 34.7 Å². The SMILES string of the molecule is O=C(c1ccncc1)N1CCC(c2ccccc2)CC1. The van der Waals surface area contributed by atoms with E-state index in [-0.39, 0.29) is 5.91 Å². The Hall–Kier alpha value is -2.16. The minimum absolute atomic E-state index is 0.124. The van der Waals surface area contributed by atoms with Crippen LogP contribution >= 0.6 is 0 Å². The molecule has 1 fully saturated rings. The van der Waals surface area contributed by atoms with E-state index in [1.807, 2.05) is 11.0 Å². The number of aromatic nitrogens is 1. The van der Waals surface area contributed by atoms with Crippen LogP contribution in [0, 0.1) is 0 Å². The lowest BCUT2D eigenvalue weighted by Gasteiger charge is -2.32. The molecule has 0 aliphatic carbocycles. The zero-order valence-corrected chi connectivity index (χ0v) is 11.4. The number of carbonyl (C=O) groups excluding carboxylic acids is 1. The molecule has 1 aliphatic rings. The summed E-state index contributed by atoms with van der Waals surface area (Å²) >= 11 is 0. The smallest absolute Gasteiger partial charge is 0.253 e. The predicted octanol–water partition coefficient (Wildman–Crippen LogP) is 3.10. The number of amides is 1. The molecule has 3 nitrogen and oxygen atoms in total. The van der Waals surface area contributed by atoms with Gasteiger partial charge in [0, 0.05) is 31.0 Å². The van der Waals surface area contributed by atoms with Crippen molar-refractivity contribution in [2.45, 2.75) is 18.8 Å². The van der Waals surface area contributed by atoms with Gasteiger partial charge in [0.25, 0.3) is 5.91 Å². The van der Waals surface area contributed by atoms with Crippen LogP contribution in [0.2, 0.25) is 0 Å². The highest BCUT2D eigenvalue weighted by atomic mass is 16.2. The fourth-order valence-corrected chi connectivity index (χ4v) is 2.82. The summed E-state index contributed by atoms with van der Waals surface area (Å²) in [6, 6.07) is 14.2. The maximum absolute atomic E-state index is 12.3. The minimum atomic E-state index is 0.124. The van der Waals surface area contributed by atoms with Gasteiger partial charge in [-0.1, -0.05) is 30.3 Å². The Morgan fingerprint density at radius 3 is 2.30 bits per heavy atom. The number of hydrogen-bond acceptors (Lipinski definition) is 2. The fraction of sp³-hybridized carbons (Fsp3) is 0.294. The second kappa shape index (κ2) is 5.87. The van der Waals surface area contributed by atoms with Gasteiger partial charge in [0.2, 0.25) is 0 Å². The van der Waals surface area contributed by atoms with E-state index in [0.717, 1.165) is 31.5 Å². The summed E-state index contributed by atoms with van der Waals surface area (Å²) in [5.41, 5.74) is 2.13. The minimum Gasteiger partial charge on any atom is -0.339 e.